The van der Waals surface area contributed by atoms with E-state index in [1.54, 1.807) is 35.0 Å². The van der Waals surface area contributed by atoms with Gasteiger partial charge in [0.25, 0.3) is 0 Å². The average Bonchev–Trinajstić information content (AvgIpc) is 3.03. The third-order valence-corrected chi connectivity index (χ3v) is 5.05. The molecule has 22 heavy (non-hydrogen) atoms. The summed E-state index contributed by atoms with van der Waals surface area (Å²) in [4.78, 5) is 14.9. The number of aryl methyl sites for hydroxylation is 1. The van der Waals surface area contributed by atoms with E-state index in [1.165, 1.54) is 6.07 Å². The molecule has 4 rings (SSSR count). The Hall–Kier alpha value is -2.17. The molecule has 1 aromatic heterocycles. The highest BCUT2D eigenvalue weighted by Gasteiger charge is 2.53. The van der Waals surface area contributed by atoms with Crippen LogP contribution in [0.25, 0.3) is 0 Å². The standard InChI is InChI=1S/C17H18FN3O/c1-20-14(8-11-19-20)21-13-7-5-6-12(18)15(13)17(16(21)22)9-3-2-4-10-17/h5-8,11H,2-4,9-10H2,1H3. The fraction of sp³-hybridized carbons (Fsp3) is 0.412. The van der Waals surface area contributed by atoms with E-state index in [4.69, 9.17) is 0 Å². The van der Waals surface area contributed by atoms with Gasteiger partial charge in [-0.25, -0.2) is 4.39 Å². The van der Waals surface area contributed by atoms with Crippen molar-refractivity contribution in [2.45, 2.75) is 37.5 Å². The molecule has 1 fully saturated rings. The van der Waals surface area contributed by atoms with Crippen molar-refractivity contribution in [1.82, 2.24) is 9.78 Å². The van der Waals surface area contributed by atoms with E-state index in [1.807, 2.05) is 6.07 Å². The van der Waals surface area contributed by atoms with Crippen LogP contribution in [0.4, 0.5) is 15.9 Å². The Morgan fingerprint density at radius 3 is 2.64 bits per heavy atom. The SMILES string of the molecule is Cn1nccc1N1C(=O)C2(CCCCC2)c2c(F)cccc21. The zero-order valence-corrected chi connectivity index (χ0v) is 12.6. The number of rotatable bonds is 1. The van der Waals surface area contributed by atoms with Crippen LogP contribution in [0, 0.1) is 5.82 Å². The lowest BCUT2D eigenvalue weighted by Gasteiger charge is -2.32. The number of anilines is 2. The van der Waals surface area contributed by atoms with Crippen LogP contribution in [-0.4, -0.2) is 15.7 Å². The van der Waals surface area contributed by atoms with Gasteiger partial charge in [-0.2, -0.15) is 5.10 Å². The topological polar surface area (TPSA) is 38.1 Å². The second kappa shape index (κ2) is 4.66. The van der Waals surface area contributed by atoms with E-state index < -0.39 is 5.41 Å². The van der Waals surface area contributed by atoms with Gasteiger partial charge in [0.2, 0.25) is 5.91 Å². The van der Waals surface area contributed by atoms with Crippen LogP contribution in [0.1, 0.15) is 37.7 Å². The van der Waals surface area contributed by atoms with Crippen LogP contribution in [-0.2, 0) is 17.3 Å². The van der Waals surface area contributed by atoms with Crippen molar-refractivity contribution in [3.8, 4) is 0 Å². The molecular formula is C17H18FN3O. The van der Waals surface area contributed by atoms with Crippen molar-refractivity contribution >= 4 is 17.4 Å². The average molecular weight is 299 g/mol. The minimum absolute atomic E-state index is 0.00380. The molecule has 5 heteroatoms. The van der Waals surface area contributed by atoms with Gasteiger partial charge in [-0.15, -0.1) is 0 Å². The Kier molecular flexibility index (Phi) is 2.86. The number of carbonyl (C=O) groups is 1. The lowest BCUT2D eigenvalue weighted by atomic mass is 9.70. The molecule has 2 aliphatic rings. The molecule has 1 aliphatic heterocycles. The molecule has 1 saturated carbocycles. The van der Waals surface area contributed by atoms with Gasteiger partial charge in [0.15, 0.2) is 0 Å². The molecule has 1 spiro atoms. The molecule has 0 bridgehead atoms. The van der Waals surface area contributed by atoms with Gasteiger partial charge in [-0.3, -0.25) is 14.4 Å². The van der Waals surface area contributed by atoms with Crippen LogP contribution in [0.2, 0.25) is 0 Å². The summed E-state index contributed by atoms with van der Waals surface area (Å²) in [6.45, 7) is 0. The van der Waals surface area contributed by atoms with E-state index in [0.29, 0.717) is 17.1 Å². The minimum atomic E-state index is -0.691. The Labute approximate surface area is 128 Å². The molecule has 1 amide bonds. The Balaban J connectivity index is 1.96. The van der Waals surface area contributed by atoms with E-state index in [0.717, 1.165) is 32.1 Å². The normalized spacial score (nSPS) is 19.7. The molecule has 2 aromatic rings. The van der Waals surface area contributed by atoms with Crippen molar-refractivity contribution in [1.29, 1.82) is 0 Å². The largest absolute Gasteiger partial charge is 0.273 e. The van der Waals surface area contributed by atoms with Crippen molar-refractivity contribution in [2.24, 2.45) is 7.05 Å². The predicted molar refractivity (Wildman–Crippen MR) is 81.5 cm³/mol. The van der Waals surface area contributed by atoms with Gasteiger partial charge >= 0.3 is 0 Å². The summed E-state index contributed by atoms with van der Waals surface area (Å²) >= 11 is 0. The molecule has 1 aromatic carbocycles. The second-order valence-electron chi connectivity index (χ2n) is 6.23. The van der Waals surface area contributed by atoms with E-state index >= 15 is 0 Å². The van der Waals surface area contributed by atoms with Crippen LogP contribution in [0.5, 0.6) is 0 Å². The van der Waals surface area contributed by atoms with Gasteiger partial charge in [-0.05, 0) is 25.0 Å². The molecule has 0 radical (unpaired) electrons. The van der Waals surface area contributed by atoms with Crippen LogP contribution in [0.3, 0.4) is 0 Å². The highest BCUT2D eigenvalue weighted by Crippen LogP contribution is 2.53. The maximum absolute atomic E-state index is 14.6. The number of nitrogens with zero attached hydrogens (tertiary/aromatic N) is 3. The fourth-order valence-electron chi connectivity index (χ4n) is 4.04. The predicted octanol–water partition coefficient (Wildman–Crippen LogP) is 3.44. The monoisotopic (exact) mass is 299 g/mol. The number of aromatic nitrogens is 2. The summed E-state index contributed by atoms with van der Waals surface area (Å²) in [6.07, 6.45) is 6.18. The number of benzene rings is 1. The Bertz CT molecular complexity index is 746. The van der Waals surface area contributed by atoms with E-state index in [2.05, 4.69) is 5.10 Å². The summed E-state index contributed by atoms with van der Waals surface area (Å²) in [5.74, 6) is 0.424. The molecular weight excluding hydrogens is 281 g/mol. The third-order valence-electron chi connectivity index (χ3n) is 5.05. The number of hydrogen-bond acceptors (Lipinski definition) is 2. The number of amides is 1. The zero-order valence-electron chi connectivity index (χ0n) is 12.6. The summed E-state index contributed by atoms with van der Waals surface area (Å²) in [6, 6.07) is 6.78. The first-order chi connectivity index (χ1) is 10.6. The van der Waals surface area contributed by atoms with E-state index in [9.17, 15) is 9.18 Å². The summed E-state index contributed by atoms with van der Waals surface area (Å²) < 4.78 is 16.3. The molecule has 0 N–H and O–H groups in total. The number of fused-ring (bicyclic) bond motifs is 2. The van der Waals surface area contributed by atoms with Crippen molar-refractivity contribution < 1.29 is 9.18 Å². The summed E-state index contributed by atoms with van der Waals surface area (Å²) in [7, 11) is 1.80. The van der Waals surface area contributed by atoms with E-state index in [-0.39, 0.29) is 11.7 Å². The van der Waals surface area contributed by atoms with Gasteiger partial charge in [-0.1, -0.05) is 25.3 Å². The summed E-state index contributed by atoms with van der Waals surface area (Å²) in [5, 5.41) is 4.15. The molecule has 114 valence electrons. The molecule has 4 nitrogen and oxygen atoms in total. The molecule has 0 saturated heterocycles. The van der Waals surface area contributed by atoms with Gasteiger partial charge in [0.1, 0.15) is 11.6 Å². The van der Waals surface area contributed by atoms with Crippen molar-refractivity contribution in [3.05, 3.63) is 41.8 Å². The van der Waals surface area contributed by atoms with Gasteiger partial charge in [0, 0.05) is 18.7 Å². The minimum Gasteiger partial charge on any atom is -0.273 e. The fourth-order valence-corrected chi connectivity index (χ4v) is 4.04. The molecule has 0 atom stereocenters. The molecule has 2 heterocycles. The number of carbonyl (C=O) groups excluding carboxylic acids is 1. The van der Waals surface area contributed by atoms with Crippen LogP contribution >= 0.6 is 0 Å². The van der Waals surface area contributed by atoms with Crippen LogP contribution in [0.15, 0.2) is 30.5 Å². The first kappa shape index (κ1) is 13.5. The summed E-state index contributed by atoms with van der Waals surface area (Å²) in [5.41, 5.74) is 0.569. The Morgan fingerprint density at radius 2 is 1.95 bits per heavy atom. The maximum Gasteiger partial charge on any atom is 0.243 e. The van der Waals surface area contributed by atoms with Gasteiger partial charge < -0.3 is 0 Å². The molecule has 1 aliphatic carbocycles. The number of hydrogen-bond donors (Lipinski definition) is 0. The quantitative estimate of drug-likeness (QED) is 0.809. The lowest BCUT2D eigenvalue weighted by molar-refractivity contribution is -0.123. The first-order valence-corrected chi connectivity index (χ1v) is 7.77. The number of halogens is 1. The molecule has 0 unspecified atom stereocenters. The third kappa shape index (κ3) is 1.62. The highest BCUT2D eigenvalue weighted by molar-refractivity contribution is 6.12. The maximum atomic E-state index is 14.6. The van der Waals surface area contributed by atoms with Crippen LogP contribution < -0.4 is 4.90 Å². The van der Waals surface area contributed by atoms with Crippen molar-refractivity contribution in [3.63, 3.8) is 0 Å². The highest BCUT2D eigenvalue weighted by atomic mass is 19.1. The smallest absolute Gasteiger partial charge is 0.243 e. The zero-order chi connectivity index (χ0) is 15.3. The van der Waals surface area contributed by atoms with Gasteiger partial charge in [0.05, 0.1) is 17.3 Å². The second-order valence-corrected chi connectivity index (χ2v) is 6.23. The Morgan fingerprint density at radius 1 is 1.18 bits per heavy atom. The van der Waals surface area contributed by atoms with Crippen molar-refractivity contribution in [2.75, 3.05) is 4.90 Å². The first-order valence-electron chi connectivity index (χ1n) is 7.77. The lowest BCUT2D eigenvalue weighted by Crippen LogP contribution is -2.40.